The van der Waals surface area contributed by atoms with Gasteiger partial charge in [-0.1, -0.05) is 83.7 Å². The highest BCUT2D eigenvalue weighted by atomic mass is 16.5. The van der Waals surface area contributed by atoms with Crippen LogP contribution in [0.1, 0.15) is 114 Å². The van der Waals surface area contributed by atoms with Crippen molar-refractivity contribution < 1.29 is 23.9 Å². The van der Waals surface area contributed by atoms with Gasteiger partial charge in [0.05, 0.1) is 11.6 Å². The number of aryl methyl sites for hydroxylation is 1. The molecule has 0 bridgehead atoms. The number of esters is 1. The fourth-order valence-electron chi connectivity index (χ4n) is 5.78. The minimum atomic E-state index is -0.791. The number of imide groups is 1. The van der Waals surface area contributed by atoms with Crippen LogP contribution in [0.2, 0.25) is 0 Å². The number of hydrogen-bond acceptors (Lipinski definition) is 6. The zero-order valence-electron chi connectivity index (χ0n) is 27.7. The van der Waals surface area contributed by atoms with E-state index < -0.39 is 17.7 Å². The molecule has 1 fully saturated rings. The first-order valence-electron chi connectivity index (χ1n) is 16.6. The van der Waals surface area contributed by atoms with Gasteiger partial charge in [0.1, 0.15) is 17.8 Å². The molecule has 2 aromatic carbocycles. The summed E-state index contributed by atoms with van der Waals surface area (Å²) in [5.74, 6) is -0.120. The first-order chi connectivity index (χ1) is 21.2. The average Bonchev–Trinajstić information content (AvgIpc) is 3.03. The minimum absolute atomic E-state index is 0.213. The van der Waals surface area contributed by atoms with Crippen LogP contribution in [0.3, 0.4) is 0 Å². The molecule has 8 nitrogen and oxygen atoms in total. The maximum atomic E-state index is 13.5. The molecule has 1 aliphatic heterocycles. The van der Waals surface area contributed by atoms with Crippen molar-refractivity contribution >= 4 is 17.9 Å². The van der Waals surface area contributed by atoms with E-state index in [-0.39, 0.29) is 17.9 Å². The maximum absolute atomic E-state index is 13.5. The van der Waals surface area contributed by atoms with Crippen LogP contribution < -0.4 is 10.1 Å². The molecule has 3 rings (SSSR count). The van der Waals surface area contributed by atoms with Crippen LogP contribution in [0.4, 0.5) is 4.79 Å². The van der Waals surface area contributed by atoms with Crippen LogP contribution in [0.25, 0.3) is 0 Å². The largest absolute Gasteiger partial charge is 0.469 e. The molecule has 2 atom stereocenters. The number of unbranched alkanes of at least 4 members (excludes halogenated alkanes) is 2. The van der Waals surface area contributed by atoms with Gasteiger partial charge in [-0.05, 0) is 81.9 Å². The van der Waals surface area contributed by atoms with Gasteiger partial charge in [0.2, 0.25) is 5.91 Å². The van der Waals surface area contributed by atoms with E-state index in [1.165, 1.54) is 4.90 Å². The number of β-lactam (4-membered cyclic amide) rings is 1. The number of urea groups is 1. The molecule has 0 spiro atoms. The maximum Gasteiger partial charge on any atom is 0.338 e. The quantitative estimate of drug-likeness (QED) is 0.138. The molecule has 0 unspecified atom stereocenters. The lowest BCUT2D eigenvalue weighted by Gasteiger charge is -2.53. The fourth-order valence-corrected chi connectivity index (χ4v) is 5.78. The first-order valence-corrected chi connectivity index (χ1v) is 16.6. The van der Waals surface area contributed by atoms with Crippen molar-refractivity contribution in [2.75, 3.05) is 26.2 Å². The summed E-state index contributed by atoms with van der Waals surface area (Å²) in [5, 5.41) is 3.08. The van der Waals surface area contributed by atoms with E-state index in [9.17, 15) is 14.4 Å². The van der Waals surface area contributed by atoms with Gasteiger partial charge >= 0.3 is 12.0 Å². The Morgan fingerprint density at radius 3 is 2.05 bits per heavy atom. The molecule has 0 aromatic heterocycles. The lowest BCUT2D eigenvalue weighted by Crippen LogP contribution is -2.73. The van der Waals surface area contributed by atoms with Gasteiger partial charge in [-0.3, -0.25) is 9.69 Å². The molecule has 1 aliphatic rings. The van der Waals surface area contributed by atoms with Crippen molar-refractivity contribution in [3.8, 4) is 5.75 Å². The highest BCUT2D eigenvalue weighted by Crippen LogP contribution is 2.46. The monoisotopic (exact) mass is 607 g/mol. The number of amides is 3. The third kappa shape index (κ3) is 8.62. The summed E-state index contributed by atoms with van der Waals surface area (Å²) in [5.41, 5.74) is 1.79. The van der Waals surface area contributed by atoms with Crippen molar-refractivity contribution in [1.82, 2.24) is 15.1 Å². The topological polar surface area (TPSA) is 88.2 Å². The van der Waals surface area contributed by atoms with E-state index in [0.29, 0.717) is 30.8 Å². The van der Waals surface area contributed by atoms with Crippen LogP contribution in [-0.4, -0.2) is 60.2 Å². The highest BCUT2D eigenvalue weighted by Gasteiger charge is 2.63. The molecule has 0 saturated carbocycles. The zero-order valence-corrected chi connectivity index (χ0v) is 27.7. The number of hydrogen-bond donors (Lipinski definition) is 1. The molecule has 3 amide bonds. The molecule has 1 saturated heterocycles. The molecular formula is C36H53N3O5. The Balaban J connectivity index is 1.66. The van der Waals surface area contributed by atoms with Gasteiger partial charge in [-0.2, -0.15) is 0 Å². The van der Waals surface area contributed by atoms with Crippen LogP contribution in [0, 0.1) is 12.3 Å². The van der Waals surface area contributed by atoms with Crippen molar-refractivity contribution in [2.24, 2.45) is 5.41 Å². The van der Waals surface area contributed by atoms with E-state index in [1.807, 2.05) is 45.0 Å². The second-order valence-corrected chi connectivity index (χ2v) is 11.9. The lowest BCUT2D eigenvalue weighted by atomic mass is 9.72. The van der Waals surface area contributed by atoms with Crippen LogP contribution in [0.5, 0.6) is 5.75 Å². The minimum Gasteiger partial charge on any atom is -0.469 e. The number of benzene rings is 2. The summed E-state index contributed by atoms with van der Waals surface area (Å²) in [4.78, 5) is 43.3. The van der Waals surface area contributed by atoms with E-state index in [4.69, 9.17) is 9.47 Å². The fraction of sp³-hybridized carbons (Fsp3) is 0.583. The standard InChI is InChI=1S/C36H53N3O5/c1-7-12-23-38(24-13-8-2)25-26-43-32(40)29-19-21-30(22-20-29)44-34-36(10-4,11-5)33(41)39(34)35(42)37-31(14-9-3)28-17-15-27(6)16-18-28/h15-22,31,34H,7-14,23-26H2,1-6H3,(H,37,42)/t31-,34+/m1/s1. The summed E-state index contributed by atoms with van der Waals surface area (Å²) in [6, 6.07) is 14.2. The van der Waals surface area contributed by atoms with Gasteiger partial charge in [-0.25, -0.2) is 14.5 Å². The average molecular weight is 608 g/mol. The summed E-state index contributed by atoms with van der Waals surface area (Å²) in [7, 11) is 0. The molecule has 242 valence electrons. The van der Waals surface area contributed by atoms with Crippen molar-refractivity contribution in [1.29, 1.82) is 0 Å². The molecular weight excluding hydrogens is 554 g/mol. The lowest BCUT2D eigenvalue weighted by molar-refractivity contribution is -0.191. The number of nitrogens with zero attached hydrogens (tertiary/aromatic N) is 2. The molecule has 44 heavy (non-hydrogen) atoms. The smallest absolute Gasteiger partial charge is 0.338 e. The molecule has 0 aliphatic carbocycles. The van der Waals surface area contributed by atoms with Gasteiger partial charge in [0.15, 0.2) is 6.23 Å². The number of likely N-dealkylation sites (tertiary alicyclic amines) is 1. The number of rotatable bonds is 18. The van der Waals surface area contributed by atoms with Gasteiger partial charge in [-0.15, -0.1) is 0 Å². The van der Waals surface area contributed by atoms with E-state index in [1.54, 1.807) is 24.3 Å². The Hall–Kier alpha value is -3.39. The van der Waals surface area contributed by atoms with Crippen molar-refractivity contribution in [3.05, 3.63) is 65.2 Å². The predicted octanol–water partition coefficient (Wildman–Crippen LogP) is 7.66. The summed E-state index contributed by atoms with van der Waals surface area (Å²) >= 11 is 0. The Labute approximate surface area is 264 Å². The van der Waals surface area contributed by atoms with Gasteiger partial charge < -0.3 is 14.8 Å². The van der Waals surface area contributed by atoms with Crippen LogP contribution in [0.15, 0.2) is 48.5 Å². The molecule has 2 aromatic rings. The molecule has 0 radical (unpaired) electrons. The normalized spacial score (nSPS) is 16.4. The second kappa shape index (κ2) is 17.2. The van der Waals surface area contributed by atoms with E-state index in [2.05, 4.69) is 31.0 Å². The molecule has 1 N–H and O–H groups in total. The van der Waals surface area contributed by atoms with Gasteiger partial charge in [0.25, 0.3) is 0 Å². The Bertz CT molecular complexity index is 1190. The summed E-state index contributed by atoms with van der Waals surface area (Å²) in [6.07, 6.45) is 6.52. The second-order valence-electron chi connectivity index (χ2n) is 11.9. The first kappa shape index (κ1) is 35.1. The number of nitrogens with one attached hydrogen (secondary N) is 1. The Morgan fingerprint density at radius 1 is 0.886 bits per heavy atom. The van der Waals surface area contributed by atoms with Crippen molar-refractivity contribution in [2.45, 2.75) is 105 Å². The Morgan fingerprint density at radius 2 is 1.50 bits per heavy atom. The zero-order chi connectivity index (χ0) is 32.1. The highest BCUT2D eigenvalue weighted by molar-refractivity contribution is 6.03. The SMILES string of the molecule is CCCCN(CCCC)CCOC(=O)c1ccc(O[C@@H]2N(C(=O)N[C@H](CCC)c3ccc(C)cc3)C(=O)C2(CC)CC)cc1. The van der Waals surface area contributed by atoms with Gasteiger partial charge in [0, 0.05) is 6.54 Å². The van der Waals surface area contributed by atoms with E-state index >= 15 is 0 Å². The van der Waals surface area contributed by atoms with Crippen LogP contribution in [-0.2, 0) is 9.53 Å². The third-order valence-corrected chi connectivity index (χ3v) is 8.82. The summed E-state index contributed by atoms with van der Waals surface area (Å²) < 4.78 is 11.9. The van der Waals surface area contributed by atoms with Crippen molar-refractivity contribution in [3.63, 3.8) is 0 Å². The predicted molar refractivity (Wildman–Crippen MR) is 175 cm³/mol. The Kier molecular flexibility index (Phi) is 13.7. The third-order valence-electron chi connectivity index (χ3n) is 8.82. The number of ether oxygens (including phenoxy) is 2. The summed E-state index contributed by atoms with van der Waals surface area (Å²) in [6.45, 7) is 15.5. The van der Waals surface area contributed by atoms with Crippen LogP contribution >= 0.6 is 0 Å². The molecule has 1 heterocycles. The van der Waals surface area contributed by atoms with E-state index in [0.717, 1.165) is 69.3 Å². The number of carbonyl (C=O) groups is 3. The molecule has 8 heteroatoms. The number of carbonyl (C=O) groups excluding carboxylic acids is 3.